The number of carboxylic acid groups (broad SMARTS) is 2. The molecule has 7 nitrogen and oxygen atoms in total. The molecule has 0 saturated heterocycles. The molecule has 0 bridgehead atoms. The molecule has 0 aromatic heterocycles. The van der Waals surface area contributed by atoms with Crippen molar-refractivity contribution in [2.45, 2.75) is 39.5 Å². The average molecular weight is 335 g/mol. The van der Waals surface area contributed by atoms with Crippen LogP contribution in [0.1, 0.15) is 39.5 Å². The number of hydrogen-bond donors (Lipinski definition) is 4. The Labute approximate surface area is 130 Å². The number of hydrogen-bond acceptors (Lipinski definition) is 4. The van der Waals surface area contributed by atoms with Crippen molar-refractivity contribution in [2.24, 2.45) is 5.92 Å². The van der Waals surface area contributed by atoms with Crippen molar-refractivity contribution in [3.63, 3.8) is 0 Å². The second kappa shape index (κ2) is 9.64. The van der Waals surface area contributed by atoms with Crippen LogP contribution >= 0.6 is 7.37 Å². The van der Waals surface area contributed by atoms with Crippen LogP contribution in [-0.4, -0.2) is 46.4 Å². The number of carboxylic acids is 2. The predicted octanol–water partition coefficient (Wildman–Crippen LogP) is 2.12. The average Bonchev–Trinajstić information content (AvgIpc) is 2.34. The lowest BCUT2D eigenvalue weighted by molar-refractivity contribution is -0.137. The fraction of sp³-hybridized carbons (Fsp3) is 0.714. The second-order valence-electron chi connectivity index (χ2n) is 5.69. The normalized spacial score (nSPS) is 15.1. The molecule has 1 unspecified atom stereocenters. The Morgan fingerprint density at radius 2 is 1.68 bits per heavy atom. The van der Waals surface area contributed by atoms with E-state index >= 15 is 0 Å². The van der Waals surface area contributed by atoms with Gasteiger partial charge in [-0.3, -0.25) is 9.36 Å². The van der Waals surface area contributed by atoms with Crippen LogP contribution in [0.5, 0.6) is 0 Å². The monoisotopic (exact) mass is 335 g/mol. The van der Waals surface area contributed by atoms with Gasteiger partial charge in [-0.2, -0.15) is 0 Å². The molecule has 0 aliphatic heterocycles. The minimum Gasteiger partial charge on any atom is -0.481 e. The summed E-state index contributed by atoms with van der Waals surface area (Å²) >= 11 is 0. The van der Waals surface area contributed by atoms with E-state index in [-0.39, 0.29) is 30.2 Å². The van der Waals surface area contributed by atoms with E-state index in [0.29, 0.717) is 25.0 Å². The van der Waals surface area contributed by atoms with Gasteiger partial charge >= 0.3 is 11.9 Å². The maximum absolute atomic E-state index is 12.1. The highest BCUT2D eigenvalue weighted by Gasteiger charge is 2.27. The number of rotatable bonds is 11. The van der Waals surface area contributed by atoms with Gasteiger partial charge in [-0.15, -0.1) is 0 Å². The molecule has 22 heavy (non-hydrogen) atoms. The number of allylic oxidation sites excluding steroid dienone is 1. The van der Waals surface area contributed by atoms with Crippen LogP contribution < -0.4 is 5.32 Å². The first-order valence-corrected chi connectivity index (χ1v) is 9.27. The highest BCUT2D eigenvalue weighted by molar-refractivity contribution is 7.58. The lowest BCUT2D eigenvalue weighted by Crippen LogP contribution is -2.18. The quantitative estimate of drug-likeness (QED) is 0.259. The van der Waals surface area contributed by atoms with E-state index in [1.807, 2.05) is 0 Å². The summed E-state index contributed by atoms with van der Waals surface area (Å²) in [6.07, 6.45) is 0.975. The van der Waals surface area contributed by atoms with Crippen molar-refractivity contribution in [3.05, 3.63) is 11.3 Å². The Kier molecular flexibility index (Phi) is 9.06. The maximum Gasteiger partial charge on any atom is 0.333 e. The summed E-state index contributed by atoms with van der Waals surface area (Å²) < 4.78 is 12.1. The zero-order chi connectivity index (χ0) is 17.3. The van der Waals surface area contributed by atoms with E-state index in [2.05, 4.69) is 5.32 Å². The van der Waals surface area contributed by atoms with Gasteiger partial charge in [0.25, 0.3) is 0 Å². The Morgan fingerprint density at radius 3 is 2.09 bits per heavy atom. The summed E-state index contributed by atoms with van der Waals surface area (Å²) in [7, 11) is -2.00. The molecular formula is C14H26NO6P. The van der Waals surface area contributed by atoms with Crippen LogP contribution in [-0.2, 0) is 14.2 Å². The lowest BCUT2D eigenvalue weighted by Gasteiger charge is -2.17. The zero-order valence-electron chi connectivity index (χ0n) is 13.3. The molecule has 0 radical (unpaired) electrons. The van der Waals surface area contributed by atoms with E-state index in [1.165, 1.54) is 0 Å². The largest absolute Gasteiger partial charge is 0.481 e. The highest BCUT2D eigenvalue weighted by Crippen LogP contribution is 2.44. The van der Waals surface area contributed by atoms with Crippen molar-refractivity contribution in [1.29, 1.82) is 0 Å². The van der Waals surface area contributed by atoms with Crippen molar-refractivity contribution < 1.29 is 29.3 Å². The zero-order valence-corrected chi connectivity index (χ0v) is 14.2. The molecule has 0 fully saturated rings. The van der Waals surface area contributed by atoms with Gasteiger partial charge in [0.1, 0.15) is 0 Å². The fourth-order valence-corrected chi connectivity index (χ4v) is 4.27. The molecule has 0 aromatic rings. The predicted molar refractivity (Wildman–Crippen MR) is 84.2 cm³/mol. The standard InChI is InChI=1S/C14H26NO6P/c1-10(2)8-22(20,21)9-11(14(18)19)12(15-3)6-4-5-7-13(16)17/h10,15H,4-9H2,1-3H3,(H,16,17)(H,18,19)(H,20,21). The Bertz CT molecular complexity index is 472. The minimum absolute atomic E-state index is 0.000481. The smallest absolute Gasteiger partial charge is 0.333 e. The van der Waals surface area contributed by atoms with Crippen LogP contribution in [0.4, 0.5) is 0 Å². The van der Waals surface area contributed by atoms with Gasteiger partial charge in [0, 0.05) is 25.3 Å². The highest BCUT2D eigenvalue weighted by atomic mass is 31.2. The number of aliphatic carboxylic acids is 2. The maximum atomic E-state index is 12.1. The molecule has 0 aliphatic carbocycles. The summed E-state index contributed by atoms with van der Waals surface area (Å²) in [4.78, 5) is 31.8. The first-order chi connectivity index (χ1) is 10.1. The van der Waals surface area contributed by atoms with E-state index in [4.69, 9.17) is 5.11 Å². The number of unbranched alkanes of at least 4 members (excludes halogenated alkanes) is 1. The van der Waals surface area contributed by atoms with Crippen LogP contribution in [0.3, 0.4) is 0 Å². The Hall–Kier alpha value is -1.33. The molecule has 0 aromatic carbocycles. The third-order valence-electron chi connectivity index (χ3n) is 3.05. The van der Waals surface area contributed by atoms with Crippen molar-refractivity contribution in [1.82, 2.24) is 5.32 Å². The molecule has 128 valence electrons. The van der Waals surface area contributed by atoms with Crippen molar-refractivity contribution in [3.8, 4) is 0 Å². The van der Waals surface area contributed by atoms with Crippen LogP contribution in [0.25, 0.3) is 0 Å². The summed E-state index contributed by atoms with van der Waals surface area (Å²) in [5, 5.41) is 20.6. The van der Waals surface area contributed by atoms with Crippen LogP contribution in [0.15, 0.2) is 11.3 Å². The minimum atomic E-state index is -3.55. The Morgan fingerprint density at radius 1 is 1.14 bits per heavy atom. The van der Waals surface area contributed by atoms with Gasteiger partial charge in [0.15, 0.2) is 0 Å². The summed E-state index contributed by atoms with van der Waals surface area (Å²) in [5.41, 5.74) is 0.292. The van der Waals surface area contributed by atoms with Gasteiger partial charge in [0.2, 0.25) is 7.37 Å². The van der Waals surface area contributed by atoms with Crippen molar-refractivity contribution in [2.75, 3.05) is 19.4 Å². The number of nitrogens with one attached hydrogen (secondary N) is 1. The first-order valence-electron chi connectivity index (χ1n) is 7.24. The van der Waals surface area contributed by atoms with Gasteiger partial charge in [0.05, 0.1) is 11.7 Å². The summed E-state index contributed by atoms with van der Waals surface area (Å²) in [6.45, 7) is 3.61. The molecular weight excluding hydrogens is 309 g/mol. The third-order valence-corrected chi connectivity index (χ3v) is 5.16. The van der Waals surface area contributed by atoms with Crippen molar-refractivity contribution >= 4 is 19.3 Å². The van der Waals surface area contributed by atoms with Gasteiger partial charge in [-0.1, -0.05) is 13.8 Å². The molecule has 4 N–H and O–H groups in total. The topological polar surface area (TPSA) is 124 Å². The molecule has 1 atom stereocenters. The SMILES string of the molecule is CNC(CCCCC(=O)O)=C(CP(=O)(O)CC(C)C)C(=O)O. The van der Waals surface area contributed by atoms with E-state index in [0.717, 1.165) is 0 Å². The van der Waals surface area contributed by atoms with Crippen LogP contribution in [0.2, 0.25) is 0 Å². The summed E-state index contributed by atoms with van der Waals surface area (Å²) in [5.74, 6) is -2.12. The van der Waals surface area contributed by atoms with E-state index in [1.54, 1.807) is 20.9 Å². The summed E-state index contributed by atoms with van der Waals surface area (Å²) in [6, 6.07) is 0. The first kappa shape index (κ1) is 20.7. The molecule has 0 rings (SSSR count). The molecule has 8 heteroatoms. The molecule has 0 heterocycles. The molecule has 0 aliphatic rings. The lowest BCUT2D eigenvalue weighted by atomic mass is 10.1. The van der Waals surface area contributed by atoms with E-state index < -0.39 is 19.3 Å². The Balaban J connectivity index is 5.01. The van der Waals surface area contributed by atoms with E-state index in [9.17, 15) is 24.2 Å². The third kappa shape index (κ3) is 8.85. The molecule has 0 saturated carbocycles. The van der Waals surface area contributed by atoms with Gasteiger partial charge < -0.3 is 20.4 Å². The van der Waals surface area contributed by atoms with Crippen LogP contribution in [0, 0.1) is 5.92 Å². The number of carbonyl (C=O) groups is 2. The second-order valence-corrected chi connectivity index (χ2v) is 8.07. The molecule has 0 spiro atoms. The molecule has 0 amide bonds. The van der Waals surface area contributed by atoms with Gasteiger partial charge in [-0.05, 0) is 25.2 Å². The van der Waals surface area contributed by atoms with Gasteiger partial charge in [-0.25, -0.2) is 4.79 Å². The fourth-order valence-electron chi connectivity index (χ4n) is 2.18.